The second kappa shape index (κ2) is 4.13. The molecule has 0 unspecified atom stereocenters. The third-order valence-electron chi connectivity index (χ3n) is 2.62. The summed E-state index contributed by atoms with van der Waals surface area (Å²) in [5.74, 6) is 0.335. The van der Waals surface area contributed by atoms with Crippen LogP contribution in [-0.2, 0) is 10.0 Å². The summed E-state index contributed by atoms with van der Waals surface area (Å²) in [4.78, 5) is 0.0240. The van der Waals surface area contributed by atoms with Crippen LogP contribution in [0.2, 0.25) is 0 Å². The van der Waals surface area contributed by atoms with Gasteiger partial charge in [-0.1, -0.05) is 10.3 Å². The summed E-state index contributed by atoms with van der Waals surface area (Å²) in [6, 6.07) is 0. The van der Waals surface area contributed by atoms with Crippen molar-refractivity contribution in [2.24, 2.45) is 0 Å². The minimum atomic E-state index is -3.78. The Bertz CT molecular complexity index is 665. The number of nitrogens with zero attached hydrogens (tertiary/aromatic N) is 2. The number of aryl methyl sites for hydroxylation is 3. The van der Waals surface area contributed by atoms with Crippen LogP contribution in [0, 0.1) is 27.7 Å². The van der Waals surface area contributed by atoms with Gasteiger partial charge in [0.25, 0.3) is 10.0 Å². The van der Waals surface area contributed by atoms with Gasteiger partial charge in [0.05, 0.1) is 5.69 Å². The number of anilines is 1. The standard InChI is InChI=1S/C10H13N3O4S/c1-5-6(2)11-17-10(5)13-18(14,15)9-7(3)12-16-8(9)4/h13H,1-4H3. The summed E-state index contributed by atoms with van der Waals surface area (Å²) in [7, 11) is -3.78. The van der Waals surface area contributed by atoms with E-state index in [1.165, 1.54) is 6.92 Å². The van der Waals surface area contributed by atoms with Crippen molar-refractivity contribution in [1.82, 2.24) is 10.3 Å². The van der Waals surface area contributed by atoms with E-state index in [-0.39, 0.29) is 16.5 Å². The maximum atomic E-state index is 12.2. The summed E-state index contributed by atoms with van der Waals surface area (Å²) in [6.45, 7) is 6.54. The average molecular weight is 271 g/mol. The molecule has 0 atom stereocenters. The van der Waals surface area contributed by atoms with E-state index < -0.39 is 10.0 Å². The fraction of sp³-hybridized carbons (Fsp3) is 0.400. The van der Waals surface area contributed by atoms with Gasteiger partial charge in [0.2, 0.25) is 5.88 Å². The minimum Gasteiger partial charge on any atom is -0.360 e. The van der Waals surface area contributed by atoms with Gasteiger partial charge in [-0.3, -0.25) is 0 Å². The molecule has 0 aliphatic heterocycles. The van der Waals surface area contributed by atoms with Crippen molar-refractivity contribution >= 4 is 15.9 Å². The van der Waals surface area contributed by atoms with E-state index in [0.717, 1.165) is 0 Å². The number of sulfonamides is 1. The van der Waals surface area contributed by atoms with Crippen LogP contribution in [0.4, 0.5) is 5.88 Å². The first-order valence-electron chi connectivity index (χ1n) is 5.21. The van der Waals surface area contributed by atoms with E-state index in [4.69, 9.17) is 9.05 Å². The molecule has 98 valence electrons. The largest absolute Gasteiger partial charge is 0.360 e. The van der Waals surface area contributed by atoms with Gasteiger partial charge < -0.3 is 9.05 Å². The van der Waals surface area contributed by atoms with Gasteiger partial charge in [-0.2, -0.15) is 0 Å². The van der Waals surface area contributed by atoms with Crippen LogP contribution in [0.5, 0.6) is 0 Å². The van der Waals surface area contributed by atoms with Gasteiger partial charge in [-0.05, 0) is 27.7 Å². The molecule has 0 aliphatic rings. The van der Waals surface area contributed by atoms with Gasteiger partial charge >= 0.3 is 0 Å². The highest BCUT2D eigenvalue weighted by Gasteiger charge is 2.26. The summed E-state index contributed by atoms with van der Waals surface area (Å²) in [5, 5.41) is 7.30. The van der Waals surface area contributed by atoms with E-state index in [1.807, 2.05) is 0 Å². The molecule has 2 aromatic heterocycles. The SMILES string of the molecule is Cc1noc(NS(=O)(=O)c2c(C)noc2C)c1C. The predicted octanol–water partition coefficient (Wildman–Crippen LogP) is 1.70. The van der Waals surface area contributed by atoms with Crippen LogP contribution >= 0.6 is 0 Å². The molecule has 2 heterocycles. The Hall–Kier alpha value is -1.83. The predicted molar refractivity (Wildman–Crippen MR) is 62.8 cm³/mol. The first-order valence-corrected chi connectivity index (χ1v) is 6.70. The molecule has 0 aromatic carbocycles. The monoisotopic (exact) mass is 271 g/mol. The maximum Gasteiger partial charge on any atom is 0.269 e. The molecule has 0 amide bonds. The maximum absolute atomic E-state index is 12.2. The van der Waals surface area contributed by atoms with Gasteiger partial charge in [-0.25, -0.2) is 13.1 Å². The van der Waals surface area contributed by atoms with Crippen molar-refractivity contribution in [1.29, 1.82) is 0 Å². The smallest absolute Gasteiger partial charge is 0.269 e. The van der Waals surface area contributed by atoms with E-state index in [0.29, 0.717) is 17.0 Å². The third kappa shape index (κ3) is 1.99. The van der Waals surface area contributed by atoms with E-state index >= 15 is 0 Å². The Morgan fingerprint density at radius 2 is 1.61 bits per heavy atom. The van der Waals surface area contributed by atoms with Crippen LogP contribution < -0.4 is 4.72 Å². The summed E-state index contributed by atoms with van der Waals surface area (Å²) < 4.78 is 36.4. The molecule has 2 rings (SSSR count). The molecule has 0 fully saturated rings. The molecule has 0 radical (unpaired) electrons. The number of hydrogen-bond donors (Lipinski definition) is 1. The summed E-state index contributed by atoms with van der Waals surface area (Å²) in [5.41, 5.74) is 1.57. The van der Waals surface area contributed by atoms with Crippen molar-refractivity contribution in [3.63, 3.8) is 0 Å². The Morgan fingerprint density at radius 3 is 2.06 bits per heavy atom. The van der Waals surface area contributed by atoms with Crippen molar-refractivity contribution in [3.8, 4) is 0 Å². The van der Waals surface area contributed by atoms with E-state index in [2.05, 4.69) is 15.0 Å². The molecule has 0 spiro atoms. The second-order valence-electron chi connectivity index (χ2n) is 3.98. The van der Waals surface area contributed by atoms with Gasteiger partial charge in [0.1, 0.15) is 5.69 Å². The number of hydrogen-bond acceptors (Lipinski definition) is 6. The highest BCUT2D eigenvalue weighted by Crippen LogP contribution is 2.25. The third-order valence-corrected chi connectivity index (χ3v) is 4.20. The van der Waals surface area contributed by atoms with Crippen LogP contribution in [-0.4, -0.2) is 18.7 Å². The highest BCUT2D eigenvalue weighted by molar-refractivity contribution is 7.92. The topological polar surface area (TPSA) is 98.2 Å². The average Bonchev–Trinajstić information content (AvgIpc) is 2.76. The fourth-order valence-corrected chi connectivity index (χ4v) is 2.92. The van der Waals surface area contributed by atoms with Gasteiger partial charge in [0.15, 0.2) is 10.7 Å². The van der Waals surface area contributed by atoms with E-state index in [9.17, 15) is 8.42 Å². The van der Waals surface area contributed by atoms with Crippen molar-refractivity contribution in [3.05, 3.63) is 22.7 Å². The lowest BCUT2D eigenvalue weighted by atomic mass is 10.3. The minimum absolute atomic E-state index is 0.0240. The Kier molecular flexibility index (Phi) is 2.89. The van der Waals surface area contributed by atoms with E-state index in [1.54, 1.807) is 20.8 Å². The molecule has 18 heavy (non-hydrogen) atoms. The normalized spacial score (nSPS) is 11.8. The second-order valence-corrected chi connectivity index (χ2v) is 5.60. The highest BCUT2D eigenvalue weighted by atomic mass is 32.2. The molecular weight excluding hydrogens is 258 g/mol. The lowest BCUT2D eigenvalue weighted by Crippen LogP contribution is -2.14. The van der Waals surface area contributed by atoms with Crippen LogP contribution in [0.15, 0.2) is 13.9 Å². The fourth-order valence-electron chi connectivity index (χ4n) is 1.54. The van der Waals surface area contributed by atoms with Crippen molar-refractivity contribution in [2.45, 2.75) is 32.6 Å². The quantitative estimate of drug-likeness (QED) is 0.912. The number of nitrogens with one attached hydrogen (secondary N) is 1. The zero-order valence-electron chi connectivity index (χ0n) is 10.4. The van der Waals surface area contributed by atoms with Crippen LogP contribution in [0.25, 0.3) is 0 Å². The molecule has 0 saturated carbocycles. The Morgan fingerprint density at radius 1 is 1.00 bits per heavy atom. The first kappa shape index (κ1) is 12.6. The Balaban J connectivity index is 2.43. The molecule has 0 aliphatic carbocycles. The number of aromatic nitrogens is 2. The molecule has 7 nitrogen and oxygen atoms in total. The first-order chi connectivity index (χ1) is 8.33. The lowest BCUT2D eigenvalue weighted by Gasteiger charge is -2.04. The zero-order chi connectivity index (χ0) is 13.5. The molecule has 0 saturated heterocycles. The van der Waals surface area contributed by atoms with Crippen LogP contribution in [0.1, 0.15) is 22.7 Å². The Labute approximate surface area is 104 Å². The summed E-state index contributed by atoms with van der Waals surface area (Å²) in [6.07, 6.45) is 0. The molecule has 0 bridgehead atoms. The lowest BCUT2D eigenvalue weighted by molar-refractivity contribution is 0.390. The number of rotatable bonds is 3. The van der Waals surface area contributed by atoms with Gasteiger partial charge in [0, 0.05) is 5.56 Å². The molecule has 8 heteroatoms. The van der Waals surface area contributed by atoms with Crippen LogP contribution in [0.3, 0.4) is 0 Å². The summed E-state index contributed by atoms with van der Waals surface area (Å²) >= 11 is 0. The van der Waals surface area contributed by atoms with Gasteiger partial charge in [-0.15, -0.1) is 0 Å². The zero-order valence-corrected chi connectivity index (χ0v) is 11.3. The molecule has 2 aromatic rings. The molecular formula is C10H13N3O4S. The van der Waals surface area contributed by atoms with Crippen molar-refractivity contribution in [2.75, 3.05) is 4.72 Å². The molecule has 1 N–H and O–H groups in total. The van der Waals surface area contributed by atoms with Crippen molar-refractivity contribution < 1.29 is 17.5 Å².